The Hall–Kier alpha value is -2.46. The zero-order valence-electron chi connectivity index (χ0n) is 15.6. The molecule has 4 rings (SSSR count). The SMILES string of the molecule is N[C@@H](CC(=O)N1CCC[C@H]1c1noc(C2COC2)n1)Cc1cc(F)c(F)cc1F. The highest BCUT2D eigenvalue weighted by atomic mass is 19.2. The number of aromatic nitrogens is 2. The van der Waals surface area contributed by atoms with Gasteiger partial charge < -0.3 is 19.9 Å². The molecule has 7 nitrogen and oxygen atoms in total. The van der Waals surface area contributed by atoms with E-state index in [-0.39, 0.29) is 36.3 Å². The van der Waals surface area contributed by atoms with Crippen molar-refractivity contribution in [1.29, 1.82) is 0 Å². The number of likely N-dealkylation sites (tertiary alicyclic amines) is 1. The van der Waals surface area contributed by atoms with Crippen LogP contribution in [0.3, 0.4) is 0 Å². The van der Waals surface area contributed by atoms with E-state index in [9.17, 15) is 18.0 Å². The Morgan fingerprint density at radius 3 is 2.72 bits per heavy atom. The van der Waals surface area contributed by atoms with Crippen molar-refractivity contribution in [2.24, 2.45) is 5.73 Å². The van der Waals surface area contributed by atoms with E-state index in [0.717, 1.165) is 12.5 Å². The van der Waals surface area contributed by atoms with Gasteiger partial charge >= 0.3 is 0 Å². The number of nitrogens with zero attached hydrogens (tertiary/aromatic N) is 3. The van der Waals surface area contributed by atoms with E-state index in [1.54, 1.807) is 4.90 Å². The molecule has 29 heavy (non-hydrogen) atoms. The maximum atomic E-state index is 13.8. The molecule has 2 fully saturated rings. The van der Waals surface area contributed by atoms with Crippen molar-refractivity contribution in [2.75, 3.05) is 19.8 Å². The molecule has 10 heteroatoms. The molecule has 0 spiro atoms. The number of ether oxygens (including phenoxy) is 1. The summed E-state index contributed by atoms with van der Waals surface area (Å²) in [5, 5.41) is 4.02. The molecule has 1 amide bonds. The lowest BCUT2D eigenvalue weighted by molar-refractivity contribution is -0.132. The molecule has 0 aliphatic carbocycles. The summed E-state index contributed by atoms with van der Waals surface area (Å²) >= 11 is 0. The van der Waals surface area contributed by atoms with Gasteiger partial charge in [-0.1, -0.05) is 5.16 Å². The fourth-order valence-corrected chi connectivity index (χ4v) is 3.68. The number of hydrogen-bond donors (Lipinski definition) is 1. The molecule has 1 aromatic heterocycles. The molecule has 156 valence electrons. The summed E-state index contributed by atoms with van der Waals surface area (Å²) in [5.74, 6) is -2.45. The van der Waals surface area contributed by atoms with Crippen molar-refractivity contribution in [1.82, 2.24) is 15.0 Å². The van der Waals surface area contributed by atoms with Crippen LogP contribution in [0.5, 0.6) is 0 Å². The van der Waals surface area contributed by atoms with Crippen LogP contribution in [-0.4, -0.2) is 46.7 Å². The number of benzene rings is 1. The van der Waals surface area contributed by atoms with E-state index in [4.69, 9.17) is 15.0 Å². The topological polar surface area (TPSA) is 94.5 Å². The number of rotatable bonds is 6. The molecule has 2 N–H and O–H groups in total. The third-order valence-electron chi connectivity index (χ3n) is 5.32. The summed E-state index contributed by atoms with van der Waals surface area (Å²) in [5.41, 5.74) is 5.93. The van der Waals surface area contributed by atoms with E-state index in [0.29, 0.717) is 44.0 Å². The lowest BCUT2D eigenvalue weighted by atomic mass is 10.0. The Morgan fingerprint density at radius 2 is 2.00 bits per heavy atom. The molecule has 2 aliphatic heterocycles. The Balaban J connectivity index is 1.39. The summed E-state index contributed by atoms with van der Waals surface area (Å²) in [6.45, 7) is 1.63. The molecule has 2 aromatic rings. The standard InChI is InChI=1S/C19H21F3N4O3/c20-13-7-15(22)14(21)5-10(13)4-12(23)6-17(27)26-3-1-2-16(26)18-24-19(29-25-18)11-8-28-9-11/h5,7,11-12,16H,1-4,6,8-9,23H2/t12-,16+/m1/s1. The van der Waals surface area contributed by atoms with Gasteiger partial charge in [0.1, 0.15) is 5.82 Å². The maximum Gasteiger partial charge on any atom is 0.234 e. The molecule has 1 aromatic carbocycles. The van der Waals surface area contributed by atoms with Gasteiger partial charge in [0.05, 0.1) is 25.2 Å². The van der Waals surface area contributed by atoms with Crippen LogP contribution in [0.2, 0.25) is 0 Å². The summed E-state index contributed by atoms with van der Waals surface area (Å²) < 4.78 is 50.7. The summed E-state index contributed by atoms with van der Waals surface area (Å²) in [6, 6.07) is 0.222. The molecular weight excluding hydrogens is 389 g/mol. The highest BCUT2D eigenvalue weighted by Gasteiger charge is 2.35. The third-order valence-corrected chi connectivity index (χ3v) is 5.32. The van der Waals surface area contributed by atoms with Crippen LogP contribution in [0.15, 0.2) is 16.7 Å². The summed E-state index contributed by atoms with van der Waals surface area (Å²) in [4.78, 5) is 18.8. The minimum atomic E-state index is -1.26. The van der Waals surface area contributed by atoms with Crippen molar-refractivity contribution >= 4 is 5.91 Å². The normalized spacial score (nSPS) is 20.7. The van der Waals surface area contributed by atoms with E-state index < -0.39 is 23.5 Å². The Bertz CT molecular complexity index is 903. The zero-order valence-corrected chi connectivity index (χ0v) is 15.6. The minimum absolute atomic E-state index is 0.0594. The predicted octanol–water partition coefficient (Wildman–Crippen LogP) is 2.22. The molecule has 2 aliphatic rings. The van der Waals surface area contributed by atoms with Gasteiger partial charge in [-0.3, -0.25) is 4.79 Å². The minimum Gasteiger partial charge on any atom is -0.380 e. The van der Waals surface area contributed by atoms with Crippen molar-refractivity contribution in [3.63, 3.8) is 0 Å². The first-order valence-corrected chi connectivity index (χ1v) is 9.52. The van der Waals surface area contributed by atoms with Crippen molar-refractivity contribution in [3.05, 3.63) is 46.9 Å². The second-order valence-electron chi connectivity index (χ2n) is 7.50. The van der Waals surface area contributed by atoms with Gasteiger partial charge in [-0.25, -0.2) is 13.2 Å². The number of amides is 1. The highest BCUT2D eigenvalue weighted by molar-refractivity contribution is 5.77. The van der Waals surface area contributed by atoms with Crippen LogP contribution in [0, 0.1) is 17.5 Å². The van der Waals surface area contributed by atoms with E-state index in [1.165, 1.54) is 0 Å². The molecule has 0 bridgehead atoms. The van der Waals surface area contributed by atoms with Gasteiger partial charge in [0.2, 0.25) is 11.8 Å². The maximum absolute atomic E-state index is 13.8. The van der Waals surface area contributed by atoms with E-state index in [1.807, 2.05) is 0 Å². The second kappa shape index (κ2) is 8.11. The largest absolute Gasteiger partial charge is 0.380 e. The average Bonchev–Trinajstić information content (AvgIpc) is 3.27. The molecule has 2 atom stereocenters. The number of hydrogen-bond acceptors (Lipinski definition) is 6. The first-order chi connectivity index (χ1) is 13.9. The average molecular weight is 410 g/mol. The van der Waals surface area contributed by atoms with Crippen molar-refractivity contribution in [2.45, 2.75) is 43.7 Å². The monoisotopic (exact) mass is 410 g/mol. The zero-order chi connectivity index (χ0) is 20.5. The van der Waals surface area contributed by atoms with Crippen LogP contribution in [0.4, 0.5) is 13.2 Å². The Kier molecular flexibility index (Phi) is 5.55. The fourth-order valence-electron chi connectivity index (χ4n) is 3.68. The van der Waals surface area contributed by atoms with E-state index >= 15 is 0 Å². The molecule has 0 radical (unpaired) electrons. The van der Waals surface area contributed by atoms with Crippen molar-refractivity contribution < 1.29 is 27.2 Å². The molecule has 2 saturated heterocycles. The van der Waals surface area contributed by atoms with Crippen LogP contribution in [0.1, 0.15) is 48.5 Å². The Morgan fingerprint density at radius 1 is 1.24 bits per heavy atom. The fraction of sp³-hybridized carbons (Fsp3) is 0.526. The first-order valence-electron chi connectivity index (χ1n) is 9.52. The number of nitrogens with two attached hydrogens (primary N) is 1. The highest BCUT2D eigenvalue weighted by Crippen LogP contribution is 2.32. The number of carbonyl (C=O) groups excluding carboxylic acids is 1. The van der Waals surface area contributed by atoms with Gasteiger partial charge in [0.25, 0.3) is 0 Å². The van der Waals surface area contributed by atoms with Crippen LogP contribution < -0.4 is 5.73 Å². The van der Waals surface area contributed by atoms with Gasteiger partial charge in [-0.15, -0.1) is 0 Å². The lowest BCUT2D eigenvalue weighted by Crippen LogP contribution is -2.37. The summed E-state index contributed by atoms with van der Waals surface area (Å²) in [6.07, 6.45) is 1.36. The van der Waals surface area contributed by atoms with Gasteiger partial charge in [0.15, 0.2) is 17.5 Å². The van der Waals surface area contributed by atoms with Gasteiger partial charge in [-0.2, -0.15) is 4.98 Å². The van der Waals surface area contributed by atoms with E-state index in [2.05, 4.69) is 10.1 Å². The predicted molar refractivity (Wildman–Crippen MR) is 94.2 cm³/mol. The first kappa shape index (κ1) is 19.8. The van der Waals surface area contributed by atoms with Crippen LogP contribution >= 0.6 is 0 Å². The van der Waals surface area contributed by atoms with Gasteiger partial charge in [0, 0.05) is 25.1 Å². The number of carbonyl (C=O) groups is 1. The van der Waals surface area contributed by atoms with Crippen molar-refractivity contribution in [3.8, 4) is 0 Å². The lowest BCUT2D eigenvalue weighted by Gasteiger charge is -2.24. The third kappa shape index (κ3) is 4.13. The second-order valence-corrected chi connectivity index (χ2v) is 7.50. The smallest absolute Gasteiger partial charge is 0.234 e. The molecular formula is C19H21F3N4O3. The molecule has 3 heterocycles. The summed E-state index contributed by atoms with van der Waals surface area (Å²) in [7, 11) is 0. The molecule has 0 saturated carbocycles. The van der Waals surface area contributed by atoms with Gasteiger partial charge in [-0.05, 0) is 30.9 Å². The van der Waals surface area contributed by atoms with Crippen LogP contribution in [-0.2, 0) is 16.0 Å². The molecule has 0 unspecified atom stereocenters. The number of halogens is 3. The Labute approximate surface area is 165 Å². The van der Waals surface area contributed by atoms with Crippen LogP contribution in [0.25, 0.3) is 0 Å². The quantitative estimate of drug-likeness (QED) is 0.734.